The van der Waals surface area contributed by atoms with E-state index in [1.54, 1.807) is 24.3 Å². The van der Waals surface area contributed by atoms with Gasteiger partial charge in [0, 0.05) is 11.6 Å². The molecule has 0 aliphatic carbocycles. The summed E-state index contributed by atoms with van der Waals surface area (Å²) < 4.78 is 11.0. The monoisotopic (exact) mass is 371 g/mol. The van der Waals surface area contributed by atoms with Gasteiger partial charge in [-0.3, -0.25) is 9.59 Å². The fourth-order valence-corrected chi connectivity index (χ4v) is 2.28. The van der Waals surface area contributed by atoms with Crippen molar-refractivity contribution >= 4 is 18.0 Å². The number of nitrogens with zero attached hydrogens (tertiary/aromatic N) is 1. The highest BCUT2D eigenvalue weighted by atomic mass is 16.6. The van der Waals surface area contributed by atoms with E-state index in [1.165, 1.54) is 18.3 Å². The largest absolute Gasteiger partial charge is 0.508 e. The van der Waals surface area contributed by atoms with E-state index in [4.69, 9.17) is 9.47 Å². The van der Waals surface area contributed by atoms with Gasteiger partial charge in [-0.25, -0.2) is 5.43 Å². The lowest BCUT2D eigenvalue weighted by molar-refractivity contribution is -0.132. The van der Waals surface area contributed by atoms with Crippen LogP contribution in [0.15, 0.2) is 47.6 Å². The molecule has 0 aromatic heterocycles. The second-order valence-corrected chi connectivity index (χ2v) is 5.62. The summed E-state index contributed by atoms with van der Waals surface area (Å²) in [6, 6.07) is 10.9. The maximum Gasteiger partial charge on any atom is 0.265 e. The maximum absolute atomic E-state index is 12.1. The van der Waals surface area contributed by atoms with E-state index in [1.807, 2.05) is 0 Å². The normalized spacial score (nSPS) is 15.3. The van der Waals surface area contributed by atoms with Crippen molar-refractivity contribution in [1.82, 2.24) is 10.7 Å². The summed E-state index contributed by atoms with van der Waals surface area (Å²) in [5.41, 5.74) is 2.53. The van der Waals surface area contributed by atoms with Crippen molar-refractivity contribution in [3.8, 4) is 23.0 Å². The summed E-state index contributed by atoms with van der Waals surface area (Å²) in [5.74, 6) is -0.295. The number of para-hydroxylation sites is 2. The standard InChI is InChI=1S/C18H17N3O6/c22-12-6-5-11(13(23)7-12)8-20-21-17(24)9-19-18(25)16-10-26-14-3-1-2-4-15(14)27-16/h1-8,16,22-23H,9-10H2,(H,19,25)(H,21,24)/b20-8+/t16-/m1/s1. The lowest BCUT2D eigenvalue weighted by atomic mass is 10.2. The highest BCUT2D eigenvalue weighted by Crippen LogP contribution is 2.30. The van der Waals surface area contributed by atoms with E-state index in [0.717, 1.165) is 6.07 Å². The minimum atomic E-state index is -0.856. The molecule has 1 atom stereocenters. The number of ether oxygens (including phenoxy) is 2. The zero-order chi connectivity index (χ0) is 19.2. The Labute approximate surface area is 154 Å². The second kappa shape index (κ2) is 8.09. The van der Waals surface area contributed by atoms with E-state index >= 15 is 0 Å². The zero-order valence-corrected chi connectivity index (χ0v) is 14.1. The van der Waals surface area contributed by atoms with Crippen LogP contribution in [0.25, 0.3) is 0 Å². The van der Waals surface area contributed by atoms with Crippen LogP contribution in [0.4, 0.5) is 0 Å². The smallest absolute Gasteiger partial charge is 0.265 e. The van der Waals surface area contributed by atoms with Gasteiger partial charge in [0.2, 0.25) is 6.10 Å². The van der Waals surface area contributed by atoms with Crippen LogP contribution in [0, 0.1) is 0 Å². The molecule has 27 heavy (non-hydrogen) atoms. The number of benzene rings is 2. The summed E-state index contributed by atoms with van der Waals surface area (Å²) in [5, 5.41) is 24.9. The fraction of sp³-hybridized carbons (Fsp3) is 0.167. The van der Waals surface area contributed by atoms with E-state index in [0.29, 0.717) is 17.1 Å². The van der Waals surface area contributed by atoms with Gasteiger partial charge in [0.15, 0.2) is 11.5 Å². The van der Waals surface area contributed by atoms with Crippen molar-refractivity contribution in [1.29, 1.82) is 0 Å². The molecule has 0 saturated heterocycles. The predicted molar refractivity (Wildman–Crippen MR) is 94.9 cm³/mol. The Morgan fingerprint density at radius 1 is 1.19 bits per heavy atom. The van der Waals surface area contributed by atoms with Crippen LogP contribution in [0.5, 0.6) is 23.0 Å². The summed E-state index contributed by atoms with van der Waals surface area (Å²) in [6.07, 6.45) is 0.355. The molecule has 1 aliphatic heterocycles. The molecule has 1 aliphatic rings. The predicted octanol–water partition coefficient (Wildman–Crippen LogP) is 0.504. The number of amides is 2. The summed E-state index contributed by atoms with van der Waals surface area (Å²) in [4.78, 5) is 23.8. The van der Waals surface area contributed by atoms with Crippen LogP contribution in [0.2, 0.25) is 0 Å². The average molecular weight is 371 g/mol. The first-order valence-electron chi connectivity index (χ1n) is 8.03. The zero-order valence-electron chi connectivity index (χ0n) is 14.1. The van der Waals surface area contributed by atoms with Gasteiger partial charge >= 0.3 is 0 Å². The van der Waals surface area contributed by atoms with E-state index in [9.17, 15) is 19.8 Å². The first kappa shape index (κ1) is 18.1. The number of hydrazone groups is 1. The Morgan fingerprint density at radius 2 is 1.96 bits per heavy atom. The lowest BCUT2D eigenvalue weighted by Crippen LogP contribution is -2.46. The Bertz CT molecular complexity index is 883. The second-order valence-electron chi connectivity index (χ2n) is 5.62. The highest BCUT2D eigenvalue weighted by Gasteiger charge is 2.27. The number of fused-ring (bicyclic) bond motifs is 1. The number of carbonyl (C=O) groups excluding carboxylic acids is 2. The molecule has 140 valence electrons. The molecule has 3 rings (SSSR count). The van der Waals surface area contributed by atoms with Crippen LogP contribution in [0.1, 0.15) is 5.56 Å². The van der Waals surface area contributed by atoms with Gasteiger partial charge in [-0.2, -0.15) is 5.10 Å². The maximum atomic E-state index is 12.1. The van der Waals surface area contributed by atoms with Crippen molar-refractivity contribution in [2.24, 2.45) is 5.10 Å². The summed E-state index contributed by atoms with van der Waals surface area (Å²) in [6.45, 7) is -0.262. The number of phenols is 2. The third kappa shape index (κ3) is 4.66. The van der Waals surface area contributed by atoms with Crippen LogP contribution in [-0.4, -0.2) is 47.5 Å². The number of phenolic OH excluding ortho intramolecular Hbond substituents is 2. The minimum absolute atomic E-state index is 0.0444. The SMILES string of the molecule is O=C(CNC(=O)[C@H]1COc2ccccc2O1)N/N=C/c1ccc(O)cc1O. The third-order valence-corrected chi connectivity index (χ3v) is 3.63. The van der Waals surface area contributed by atoms with E-state index in [2.05, 4.69) is 15.8 Å². The van der Waals surface area contributed by atoms with E-state index in [-0.39, 0.29) is 24.7 Å². The van der Waals surface area contributed by atoms with Crippen molar-refractivity contribution in [3.05, 3.63) is 48.0 Å². The van der Waals surface area contributed by atoms with Gasteiger partial charge in [0.25, 0.3) is 11.8 Å². The number of aromatic hydroxyl groups is 2. The highest BCUT2D eigenvalue weighted by molar-refractivity contribution is 5.89. The molecule has 0 fully saturated rings. The molecule has 1 heterocycles. The van der Waals surface area contributed by atoms with Gasteiger partial charge in [0.05, 0.1) is 12.8 Å². The molecule has 0 saturated carbocycles. The Morgan fingerprint density at radius 3 is 2.74 bits per heavy atom. The molecule has 0 spiro atoms. The molecular weight excluding hydrogens is 354 g/mol. The quantitative estimate of drug-likeness (QED) is 0.447. The van der Waals surface area contributed by atoms with Crippen LogP contribution in [-0.2, 0) is 9.59 Å². The Balaban J connectivity index is 1.45. The van der Waals surface area contributed by atoms with Crippen molar-refractivity contribution in [2.45, 2.75) is 6.10 Å². The van der Waals surface area contributed by atoms with Gasteiger partial charge in [0.1, 0.15) is 18.1 Å². The minimum Gasteiger partial charge on any atom is -0.508 e. The Kier molecular flexibility index (Phi) is 5.41. The third-order valence-electron chi connectivity index (χ3n) is 3.63. The number of hydrogen-bond donors (Lipinski definition) is 4. The van der Waals surface area contributed by atoms with Crippen molar-refractivity contribution < 1.29 is 29.3 Å². The first-order valence-corrected chi connectivity index (χ1v) is 8.03. The number of nitrogens with one attached hydrogen (secondary N) is 2. The lowest BCUT2D eigenvalue weighted by Gasteiger charge is -2.25. The van der Waals surface area contributed by atoms with Gasteiger partial charge in [-0.15, -0.1) is 0 Å². The molecule has 0 bridgehead atoms. The first-order chi connectivity index (χ1) is 13.0. The van der Waals surface area contributed by atoms with Crippen molar-refractivity contribution in [3.63, 3.8) is 0 Å². The molecule has 9 heteroatoms. The topological polar surface area (TPSA) is 129 Å². The van der Waals surface area contributed by atoms with Gasteiger partial charge in [-0.1, -0.05) is 12.1 Å². The molecule has 2 aromatic rings. The fourth-order valence-electron chi connectivity index (χ4n) is 2.28. The number of hydrogen-bond acceptors (Lipinski definition) is 7. The van der Waals surface area contributed by atoms with E-state index < -0.39 is 17.9 Å². The van der Waals surface area contributed by atoms with Crippen molar-refractivity contribution in [2.75, 3.05) is 13.2 Å². The van der Waals surface area contributed by atoms with Crippen LogP contribution >= 0.6 is 0 Å². The average Bonchev–Trinajstić information content (AvgIpc) is 2.67. The number of rotatable bonds is 5. The number of carbonyl (C=O) groups is 2. The molecule has 0 unspecified atom stereocenters. The van der Waals surface area contributed by atoms with Crippen LogP contribution in [0.3, 0.4) is 0 Å². The van der Waals surface area contributed by atoms with Gasteiger partial charge < -0.3 is 25.0 Å². The Hall–Kier alpha value is -3.75. The molecule has 2 aromatic carbocycles. The molecular formula is C18H17N3O6. The molecule has 9 nitrogen and oxygen atoms in total. The molecule has 4 N–H and O–H groups in total. The molecule has 0 radical (unpaired) electrons. The summed E-state index contributed by atoms with van der Waals surface area (Å²) in [7, 11) is 0. The molecule has 2 amide bonds. The van der Waals surface area contributed by atoms with Crippen LogP contribution < -0.4 is 20.2 Å². The summed E-state index contributed by atoms with van der Waals surface area (Å²) >= 11 is 0. The van der Waals surface area contributed by atoms with Gasteiger partial charge in [-0.05, 0) is 24.3 Å².